The molecule has 0 bridgehead atoms. The van der Waals surface area contributed by atoms with E-state index in [0.717, 1.165) is 64.4 Å². The molecule has 1 amide bonds. The van der Waals surface area contributed by atoms with Crippen LogP contribution < -0.4 is 10.6 Å². The van der Waals surface area contributed by atoms with Crippen molar-refractivity contribution in [3.8, 4) is 0 Å². The van der Waals surface area contributed by atoms with Crippen LogP contribution in [0.4, 0.5) is 0 Å². The van der Waals surface area contributed by atoms with E-state index in [1.54, 1.807) is 6.20 Å². The number of amides is 1. The van der Waals surface area contributed by atoms with Gasteiger partial charge in [0.15, 0.2) is 5.96 Å². The summed E-state index contributed by atoms with van der Waals surface area (Å²) in [7, 11) is 0. The zero-order valence-corrected chi connectivity index (χ0v) is 18.6. The van der Waals surface area contributed by atoms with E-state index < -0.39 is 0 Å². The van der Waals surface area contributed by atoms with Crippen LogP contribution in [0.5, 0.6) is 0 Å². The molecule has 1 aliphatic heterocycles. The van der Waals surface area contributed by atoms with Crippen LogP contribution in [0.15, 0.2) is 23.5 Å². The number of hydrogen-bond donors (Lipinski definition) is 2. The first-order valence-corrected chi connectivity index (χ1v) is 10.1. The maximum Gasteiger partial charge on any atom is 0.225 e. The first-order valence-electron chi connectivity index (χ1n) is 10.1. The quantitative estimate of drug-likeness (QED) is 0.267. The van der Waals surface area contributed by atoms with Crippen molar-refractivity contribution in [2.75, 3.05) is 26.2 Å². The van der Waals surface area contributed by atoms with Crippen molar-refractivity contribution in [1.82, 2.24) is 25.3 Å². The van der Waals surface area contributed by atoms with Crippen molar-refractivity contribution in [3.63, 3.8) is 0 Å². The van der Waals surface area contributed by atoms with Crippen molar-refractivity contribution < 1.29 is 4.79 Å². The Labute approximate surface area is 179 Å². The van der Waals surface area contributed by atoms with Crippen LogP contribution >= 0.6 is 24.0 Å². The summed E-state index contributed by atoms with van der Waals surface area (Å²) in [5, 5.41) is 11.0. The maximum atomic E-state index is 12.6. The second-order valence-corrected chi connectivity index (χ2v) is 7.28. The fraction of sp³-hybridized carbons (Fsp3) is 0.737. The SMILES string of the molecule is CCNC(=NCCCn1cccn1)NC1CCN(C(=O)C2CCCC2)C1.I. The van der Waals surface area contributed by atoms with Crippen molar-refractivity contribution in [3.05, 3.63) is 18.5 Å². The van der Waals surface area contributed by atoms with Gasteiger partial charge in [-0.05, 0) is 38.7 Å². The Morgan fingerprint density at radius 1 is 1.30 bits per heavy atom. The number of carbonyl (C=O) groups excluding carboxylic acids is 1. The highest BCUT2D eigenvalue weighted by atomic mass is 127. The van der Waals surface area contributed by atoms with Crippen molar-refractivity contribution in [1.29, 1.82) is 0 Å². The lowest BCUT2D eigenvalue weighted by atomic mass is 10.1. The fourth-order valence-corrected chi connectivity index (χ4v) is 3.88. The first kappa shape index (κ1) is 22.0. The summed E-state index contributed by atoms with van der Waals surface area (Å²) < 4.78 is 1.93. The summed E-state index contributed by atoms with van der Waals surface area (Å²) in [5.74, 6) is 1.50. The predicted octanol–water partition coefficient (Wildman–Crippen LogP) is 2.24. The highest BCUT2D eigenvalue weighted by Crippen LogP contribution is 2.27. The van der Waals surface area contributed by atoms with Gasteiger partial charge < -0.3 is 15.5 Å². The van der Waals surface area contributed by atoms with Gasteiger partial charge >= 0.3 is 0 Å². The molecule has 0 radical (unpaired) electrons. The zero-order chi connectivity index (χ0) is 18.2. The van der Waals surface area contributed by atoms with Gasteiger partial charge in [0.25, 0.3) is 0 Å². The summed E-state index contributed by atoms with van der Waals surface area (Å²) in [6.07, 6.45) is 10.3. The lowest BCUT2D eigenvalue weighted by Gasteiger charge is -2.21. The molecule has 2 aliphatic rings. The number of aryl methyl sites for hydroxylation is 1. The molecular formula is C19H33IN6O. The third-order valence-corrected chi connectivity index (χ3v) is 5.26. The van der Waals surface area contributed by atoms with Gasteiger partial charge in [-0.1, -0.05) is 12.8 Å². The highest BCUT2D eigenvalue weighted by Gasteiger charge is 2.32. The summed E-state index contributed by atoms with van der Waals surface area (Å²) in [4.78, 5) is 19.3. The Hall–Kier alpha value is -1.32. The topological polar surface area (TPSA) is 74.6 Å². The standard InChI is InChI=1S/C19H32N6O.HI/c1-2-20-19(21-10-5-12-25-13-6-11-22-25)23-17-9-14-24(15-17)18(26)16-7-3-4-8-16;/h6,11,13,16-17H,2-5,7-10,12,14-15H2,1H3,(H2,20,21,23);1H. The molecule has 1 atom stereocenters. The smallest absolute Gasteiger partial charge is 0.225 e. The zero-order valence-electron chi connectivity index (χ0n) is 16.3. The third kappa shape index (κ3) is 6.65. The van der Waals surface area contributed by atoms with Gasteiger partial charge in [0, 0.05) is 57.1 Å². The van der Waals surface area contributed by atoms with Crippen LogP contribution in [0.25, 0.3) is 0 Å². The number of nitrogens with one attached hydrogen (secondary N) is 2. The van der Waals surface area contributed by atoms with Crippen molar-refractivity contribution in [2.45, 2.75) is 58.0 Å². The molecule has 0 aromatic carbocycles. The maximum absolute atomic E-state index is 12.6. The number of likely N-dealkylation sites (tertiary alicyclic amines) is 1. The molecule has 152 valence electrons. The number of aromatic nitrogens is 2. The van der Waals surface area contributed by atoms with Crippen LogP contribution in [0, 0.1) is 5.92 Å². The largest absolute Gasteiger partial charge is 0.357 e. The molecule has 1 saturated heterocycles. The molecule has 2 heterocycles. The van der Waals surface area contributed by atoms with Gasteiger partial charge in [0.05, 0.1) is 0 Å². The van der Waals surface area contributed by atoms with E-state index in [4.69, 9.17) is 0 Å². The van der Waals surface area contributed by atoms with E-state index in [2.05, 4.69) is 32.5 Å². The average molecular weight is 488 g/mol. The summed E-state index contributed by atoms with van der Waals surface area (Å²) in [6.45, 7) is 6.21. The second kappa shape index (κ2) is 11.5. The first-order chi connectivity index (χ1) is 12.8. The normalized spacial score (nSPS) is 20.6. The van der Waals surface area contributed by atoms with Gasteiger partial charge in [0.1, 0.15) is 0 Å². The number of aliphatic imine (C=N–C) groups is 1. The number of halogens is 1. The molecule has 8 heteroatoms. The van der Waals surface area contributed by atoms with Gasteiger partial charge in [-0.25, -0.2) is 0 Å². The molecule has 1 unspecified atom stereocenters. The minimum atomic E-state index is 0. The molecule has 3 rings (SSSR count). The van der Waals surface area contributed by atoms with Crippen LogP contribution in [0.3, 0.4) is 0 Å². The second-order valence-electron chi connectivity index (χ2n) is 7.28. The molecule has 1 aromatic rings. The average Bonchev–Trinajstić information content (AvgIpc) is 3.41. The van der Waals surface area contributed by atoms with E-state index >= 15 is 0 Å². The Bertz CT molecular complexity index is 585. The molecule has 2 fully saturated rings. The summed E-state index contributed by atoms with van der Waals surface area (Å²) >= 11 is 0. The molecule has 27 heavy (non-hydrogen) atoms. The fourth-order valence-electron chi connectivity index (χ4n) is 3.88. The van der Waals surface area contributed by atoms with Crippen LogP contribution in [-0.4, -0.2) is 58.8 Å². The Morgan fingerprint density at radius 2 is 2.11 bits per heavy atom. The molecular weight excluding hydrogens is 455 g/mol. The number of carbonyl (C=O) groups is 1. The molecule has 2 N–H and O–H groups in total. The van der Waals surface area contributed by atoms with E-state index in [1.807, 2.05) is 16.9 Å². The monoisotopic (exact) mass is 488 g/mol. The highest BCUT2D eigenvalue weighted by molar-refractivity contribution is 14.0. The van der Waals surface area contributed by atoms with Gasteiger partial charge in [0.2, 0.25) is 5.91 Å². The number of guanidine groups is 1. The van der Waals surface area contributed by atoms with E-state index in [9.17, 15) is 4.79 Å². The minimum absolute atomic E-state index is 0. The van der Waals surface area contributed by atoms with Crippen LogP contribution in [0.2, 0.25) is 0 Å². The predicted molar refractivity (Wildman–Crippen MR) is 118 cm³/mol. The van der Waals surface area contributed by atoms with Crippen LogP contribution in [-0.2, 0) is 11.3 Å². The lowest BCUT2D eigenvalue weighted by molar-refractivity contribution is -0.134. The molecule has 1 aromatic heterocycles. The van der Waals surface area contributed by atoms with E-state index in [1.165, 1.54) is 12.8 Å². The van der Waals surface area contributed by atoms with E-state index in [-0.39, 0.29) is 29.9 Å². The molecule has 1 saturated carbocycles. The lowest BCUT2D eigenvalue weighted by Crippen LogP contribution is -2.45. The van der Waals surface area contributed by atoms with Gasteiger partial charge in [-0.3, -0.25) is 14.5 Å². The number of hydrogen-bond acceptors (Lipinski definition) is 3. The number of rotatable bonds is 7. The number of nitrogens with zero attached hydrogens (tertiary/aromatic N) is 4. The minimum Gasteiger partial charge on any atom is -0.357 e. The molecule has 1 aliphatic carbocycles. The van der Waals surface area contributed by atoms with Crippen molar-refractivity contribution >= 4 is 35.8 Å². The molecule has 0 spiro atoms. The van der Waals surface area contributed by atoms with Crippen LogP contribution in [0.1, 0.15) is 45.4 Å². The van der Waals surface area contributed by atoms with Gasteiger partial charge in [-0.2, -0.15) is 5.10 Å². The third-order valence-electron chi connectivity index (χ3n) is 5.26. The summed E-state index contributed by atoms with van der Waals surface area (Å²) in [5.41, 5.74) is 0. The Balaban J connectivity index is 0.00000261. The molecule has 7 nitrogen and oxygen atoms in total. The Kier molecular flexibility index (Phi) is 9.36. The summed E-state index contributed by atoms with van der Waals surface area (Å²) in [6, 6.07) is 2.23. The van der Waals surface area contributed by atoms with Gasteiger partial charge in [-0.15, -0.1) is 24.0 Å². The van der Waals surface area contributed by atoms with E-state index in [0.29, 0.717) is 11.9 Å². The van der Waals surface area contributed by atoms with Crippen molar-refractivity contribution in [2.24, 2.45) is 10.9 Å². The Morgan fingerprint density at radius 3 is 2.81 bits per heavy atom.